The third-order valence-electron chi connectivity index (χ3n) is 4.11. The van der Waals surface area contributed by atoms with Gasteiger partial charge < -0.3 is 18.0 Å². The molecular formula is C99H209N19O4S3. The summed E-state index contributed by atoms with van der Waals surface area (Å²) in [5.41, 5.74) is 1.68. The summed E-state index contributed by atoms with van der Waals surface area (Å²) in [4.78, 5) is 25.7. The Kier molecular flexibility index (Phi) is 303. The zero-order chi connectivity index (χ0) is 103. The molecule has 0 aliphatic heterocycles. The molecule has 11 rings (SSSR count). The number of aromatic nitrogens is 19. The molecule has 0 spiro atoms. The second kappa shape index (κ2) is 217. The van der Waals surface area contributed by atoms with Gasteiger partial charge in [0.2, 0.25) is 19.2 Å². The molecule has 125 heavy (non-hydrogen) atoms. The first-order valence-corrected chi connectivity index (χ1v) is 48.2. The van der Waals surface area contributed by atoms with Gasteiger partial charge in [-0.2, -0.15) is 14.6 Å². The van der Waals surface area contributed by atoms with E-state index in [-0.39, 0.29) is 0 Å². The van der Waals surface area contributed by atoms with E-state index in [4.69, 9.17) is 0 Å². The van der Waals surface area contributed by atoms with Gasteiger partial charge in [0.15, 0.2) is 6.33 Å². The highest BCUT2D eigenvalue weighted by Gasteiger charge is 1.74. The quantitative estimate of drug-likeness (QED) is 0.136. The first kappa shape index (κ1) is 174. The van der Waals surface area contributed by atoms with Gasteiger partial charge in [-0.25, -0.2) is 24.3 Å². The van der Waals surface area contributed by atoms with Crippen molar-refractivity contribution in [2.75, 3.05) is 0 Å². The third kappa shape index (κ3) is 581. The van der Waals surface area contributed by atoms with Crippen LogP contribution in [0.15, 0.2) is 220 Å². The van der Waals surface area contributed by atoms with Gasteiger partial charge in [-0.15, -0.1) is 20.4 Å². The Bertz CT molecular complexity index is 1910. The predicted octanol–water partition coefficient (Wildman–Crippen LogP) is 35.2. The van der Waals surface area contributed by atoms with Crippen LogP contribution in [-0.4, -0.2) is 94.3 Å². The Morgan fingerprint density at radius 1 is 0.200 bits per heavy atom. The topological polar surface area (TPSA) is 297 Å². The average molecular weight is 1830 g/mol. The summed E-state index contributed by atoms with van der Waals surface area (Å²) in [6.07, 6.45) is 34.2. The van der Waals surface area contributed by atoms with Gasteiger partial charge in [-0.3, -0.25) is 15.0 Å². The van der Waals surface area contributed by atoms with Gasteiger partial charge in [0, 0.05) is 84.2 Å². The molecule has 0 N–H and O–H groups in total. The lowest BCUT2D eigenvalue weighted by Gasteiger charge is -1.79. The largest absolute Gasteiger partial charge is 0.431 e. The molecule has 0 bridgehead atoms. The zero-order valence-corrected chi connectivity index (χ0v) is 94.2. The Labute approximate surface area is 790 Å². The van der Waals surface area contributed by atoms with Gasteiger partial charge in [0.1, 0.15) is 30.7 Å². The van der Waals surface area contributed by atoms with Crippen LogP contribution >= 0.6 is 34.6 Å². The van der Waals surface area contributed by atoms with Gasteiger partial charge in [0.05, 0.1) is 18.6 Å². The van der Waals surface area contributed by atoms with Crippen molar-refractivity contribution >= 4 is 34.6 Å². The van der Waals surface area contributed by atoms with E-state index in [2.05, 4.69) is 341 Å². The van der Waals surface area contributed by atoms with E-state index < -0.39 is 0 Å². The Morgan fingerprint density at radius 2 is 0.544 bits per heavy atom. The molecular weight excluding hydrogens is 1620 g/mol. The summed E-state index contributed by atoms with van der Waals surface area (Å²) in [6.45, 7) is 116. The lowest BCUT2D eigenvalue weighted by atomic mass is 10.3. The molecule has 0 radical (unpaired) electrons. The first-order chi connectivity index (χ1) is 59.6. The van der Waals surface area contributed by atoms with E-state index in [9.17, 15) is 0 Å². The zero-order valence-electron chi connectivity index (χ0n) is 91.8. The van der Waals surface area contributed by atoms with Crippen molar-refractivity contribution in [1.82, 2.24) is 94.3 Å². The fourth-order valence-corrected chi connectivity index (χ4v) is 3.00. The van der Waals surface area contributed by atoms with Crippen molar-refractivity contribution in [1.29, 1.82) is 0 Å². The van der Waals surface area contributed by atoms with Crippen LogP contribution in [0.5, 0.6) is 0 Å². The Hall–Kier alpha value is -8.23. The molecule has 0 atom stereocenters. The average Bonchev–Trinajstić information content (AvgIpc) is 2.04. The number of nitrogens with zero attached hydrogens (tertiary/aromatic N) is 19. The second-order valence-electron chi connectivity index (χ2n) is 27.1. The molecule has 0 aliphatic carbocycles. The van der Waals surface area contributed by atoms with Crippen LogP contribution in [0, 0.1) is 65.1 Å². The minimum atomic E-state index is 0.833. The molecule has 0 aliphatic rings. The number of pyridine rings is 1. The molecule has 0 amide bonds. The molecule has 0 aromatic carbocycles. The van der Waals surface area contributed by atoms with Gasteiger partial charge >= 0.3 is 0 Å². The molecule has 26 heteroatoms. The van der Waals surface area contributed by atoms with E-state index in [1.54, 1.807) is 98.2 Å². The third-order valence-corrected chi connectivity index (χ3v) is 5.50. The molecule has 0 saturated heterocycles. The van der Waals surface area contributed by atoms with Crippen LogP contribution in [0.4, 0.5) is 0 Å². The van der Waals surface area contributed by atoms with Crippen molar-refractivity contribution < 1.29 is 18.0 Å². The van der Waals surface area contributed by atoms with Crippen molar-refractivity contribution in [3.8, 4) is 0 Å². The van der Waals surface area contributed by atoms with Crippen LogP contribution in [0.25, 0.3) is 0 Å². The van der Waals surface area contributed by atoms with Gasteiger partial charge in [-0.05, 0) is 142 Å². The molecule has 0 fully saturated rings. The van der Waals surface area contributed by atoms with Crippen LogP contribution < -0.4 is 0 Å². The van der Waals surface area contributed by atoms with Crippen molar-refractivity contribution in [3.05, 3.63) is 202 Å². The van der Waals surface area contributed by atoms with Crippen molar-refractivity contribution in [2.24, 2.45) is 65.1 Å². The van der Waals surface area contributed by atoms with Crippen molar-refractivity contribution in [3.63, 3.8) is 0 Å². The summed E-state index contributed by atoms with van der Waals surface area (Å²) < 4.78 is 28.1. The smallest absolute Gasteiger partial charge is 0.213 e. The van der Waals surface area contributed by atoms with E-state index >= 15 is 0 Å². The molecule has 11 aromatic heterocycles. The molecule has 23 nitrogen and oxygen atoms in total. The maximum absolute atomic E-state index is 4.36. The highest BCUT2D eigenvalue weighted by molar-refractivity contribution is 7.03. The first-order valence-electron chi connectivity index (χ1n) is 45.7. The summed E-state index contributed by atoms with van der Waals surface area (Å²) in [5, 5.41) is 33.9. The summed E-state index contributed by atoms with van der Waals surface area (Å²) in [6, 6.07) is 14.8. The number of hydrogen-bond donors (Lipinski definition) is 0. The predicted molar refractivity (Wildman–Crippen MR) is 562 cm³/mol. The number of hydrogen-bond acceptors (Lipinski definition) is 26. The lowest BCUT2D eigenvalue weighted by molar-refractivity contribution is 0.393. The van der Waals surface area contributed by atoms with Gasteiger partial charge in [0.25, 0.3) is 0 Å². The molecule has 11 heterocycles. The standard InChI is InChI=1S/C5H5N.3C4H4N2.11C4H10.C3H3NO.C3H3NS.3C2H2N2O.2C2H2N2S.11C2H6/c1-2-4-6-5-3-1;1-2-6-4-3-5-1;1-2-5-4-6-3-1;1-2-4-6-5-3-1;11*1-4(2)3;2*1-2-4-5-3-1;1-3-4-2-5-1;1-3-2-5-4-1;1-2-5-4-3-1;1-3-2-5-4-1;1-2-5-4-3-1;11*1-2/h1-5H;3*1-4H;11*4H,1-3H3;2*1-3H;5*1-2H;11*1-2H3. The lowest BCUT2D eigenvalue weighted by Crippen LogP contribution is -1.69. The monoisotopic (exact) mass is 1820 g/mol. The highest BCUT2D eigenvalue weighted by Crippen LogP contribution is 1.88. The van der Waals surface area contributed by atoms with Crippen LogP contribution in [0.1, 0.15) is 381 Å². The van der Waals surface area contributed by atoms with Crippen LogP contribution in [-0.2, 0) is 0 Å². The summed E-state index contributed by atoms with van der Waals surface area (Å²) >= 11 is 4.17. The van der Waals surface area contributed by atoms with Crippen LogP contribution in [0.2, 0.25) is 0 Å². The molecule has 11 aromatic rings. The minimum absolute atomic E-state index is 0.833. The second-order valence-corrected chi connectivity index (χ2v) is 29.1. The summed E-state index contributed by atoms with van der Waals surface area (Å²) in [5.74, 6) is 9.17. The fraction of sp³-hybridized carbons (Fsp3) is 0.667. The Morgan fingerprint density at radius 3 is 0.632 bits per heavy atom. The molecule has 742 valence electrons. The Balaban J connectivity index is -0.0000000441. The molecule has 0 unspecified atom stereocenters. The highest BCUT2D eigenvalue weighted by atomic mass is 32.1. The van der Waals surface area contributed by atoms with Crippen LogP contribution in [0.3, 0.4) is 0 Å². The maximum atomic E-state index is 4.36. The van der Waals surface area contributed by atoms with Gasteiger partial charge in [-0.1, -0.05) is 402 Å². The van der Waals surface area contributed by atoms with E-state index in [0.717, 1.165) is 65.1 Å². The summed E-state index contributed by atoms with van der Waals surface area (Å²) in [7, 11) is 0. The number of rotatable bonds is 0. The normalized spacial score (nSPS) is 7.47. The van der Waals surface area contributed by atoms with E-state index in [1.807, 2.05) is 199 Å². The van der Waals surface area contributed by atoms with Crippen molar-refractivity contribution in [2.45, 2.75) is 381 Å². The minimum Gasteiger partial charge on any atom is -0.431 e. The van der Waals surface area contributed by atoms with E-state index in [1.165, 1.54) is 91.5 Å². The SMILES string of the molecule is CC.CC.CC.CC.CC.CC.CC.CC.CC.CC.CC.CC(C)C.CC(C)C.CC(C)C.CC(C)C.CC(C)C.CC(C)C.CC(C)C.CC(C)C.CC(C)C.CC(C)C.CC(C)C.c1ccncc1.c1ccnnc1.c1cnccn1.c1cncnc1.c1cnoc1.c1cnsc1.c1conn1.c1csnn1.c1ncon1.c1ncsn1.c1nnco1. The van der Waals surface area contributed by atoms with E-state index in [0.29, 0.717) is 0 Å². The maximum Gasteiger partial charge on any atom is 0.213 e. The fourth-order valence-electron chi connectivity index (χ4n) is 2.10. The molecule has 0 saturated carbocycles.